The summed E-state index contributed by atoms with van der Waals surface area (Å²) in [5, 5.41) is 6.91. The van der Waals surface area contributed by atoms with Gasteiger partial charge >= 0.3 is 0 Å². The van der Waals surface area contributed by atoms with Gasteiger partial charge < -0.3 is 16.4 Å². The highest BCUT2D eigenvalue weighted by Gasteiger charge is 2.23. The number of anilines is 3. The Bertz CT molecular complexity index is 726. The number of amides is 1. The van der Waals surface area contributed by atoms with Crippen molar-refractivity contribution in [2.24, 2.45) is 0 Å². The second kappa shape index (κ2) is 5.89. The Balaban J connectivity index is 1.79. The fraction of sp³-hybridized carbons (Fsp3) is 0.235. The van der Waals surface area contributed by atoms with Crippen molar-refractivity contribution >= 4 is 34.6 Å². The minimum Gasteiger partial charge on any atom is -0.397 e. The summed E-state index contributed by atoms with van der Waals surface area (Å²) in [6.07, 6.45) is 2.13. The summed E-state index contributed by atoms with van der Waals surface area (Å²) in [6, 6.07) is 11.3. The van der Waals surface area contributed by atoms with Crippen LogP contribution in [0, 0.1) is 6.92 Å². The Morgan fingerprint density at radius 1 is 1.23 bits per heavy atom. The number of carbonyl (C=O) groups excluding carboxylic acids is 1. The maximum atomic E-state index is 12.0. The molecule has 0 aromatic heterocycles. The molecular formula is C17H18ClN3O. The maximum absolute atomic E-state index is 12.0. The number of rotatable bonds is 4. The Labute approximate surface area is 134 Å². The van der Waals surface area contributed by atoms with Crippen LogP contribution in [0.5, 0.6) is 0 Å². The zero-order valence-electron chi connectivity index (χ0n) is 12.3. The van der Waals surface area contributed by atoms with Gasteiger partial charge in [-0.05, 0) is 55.7 Å². The van der Waals surface area contributed by atoms with Crippen molar-refractivity contribution in [1.29, 1.82) is 0 Å². The molecule has 0 bridgehead atoms. The van der Waals surface area contributed by atoms with Gasteiger partial charge in [-0.3, -0.25) is 4.79 Å². The molecule has 114 valence electrons. The molecule has 0 radical (unpaired) electrons. The quantitative estimate of drug-likeness (QED) is 0.750. The minimum atomic E-state index is -0.0697. The molecule has 1 aliphatic carbocycles. The lowest BCUT2D eigenvalue weighted by molar-refractivity contribution is 0.0951. The van der Waals surface area contributed by atoms with E-state index >= 15 is 0 Å². The van der Waals surface area contributed by atoms with E-state index in [-0.39, 0.29) is 5.91 Å². The first-order valence-electron chi connectivity index (χ1n) is 7.27. The molecule has 0 heterocycles. The summed E-state index contributed by atoms with van der Waals surface area (Å²) in [4.78, 5) is 12.0. The number of nitrogens with one attached hydrogen (secondary N) is 2. The highest BCUT2D eigenvalue weighted by molar-refractivity contribution is 6.31. The average molecular weight is 316 g/mol. The van der Waals surface area contributed by atoms with Gasteiger partial charge in [0.1, 0.15) is 0 Å². The van der Waals surface area contributed by atoms with Crippen LogP contribution in [-0.4, -0.2) is 11.9 Å². The normalized spacial score (nSPS) is 13.7. The van der Waals surface area contributed by atoms with Gasteiger partial charge in [-0.25, -0.2) is 0 Å². The van der Waals surface area contributed by atoms with Crippen molar-refractivity contribution in [3.63, 3.8) is 0 Å². The van der Waals surface area contributed by atoms with Crippen LogP contribution >= 0.6 is 11.6 Å². The van der Waals surface area contributed by atoms with E-state index in [1.165, 1.54) is 0 Å². The van der Waals surface area contributed by atoms with Crippen LogP contribution in [0.1, 0.15) is 28.8 Å². The first kappa shape index (κ1) is 14.7. The van der Waals surface area contributed by atoms with Gasteiger partial charge in [0.2, 0.25) is 0 Å². The average Bonchev–Trinajstić information content (AvgIpc) is 3.29. The van der Waals surface area contributed by atoms with E-state index in [1.807, 2.05) is 31.2 Å². The molecule has 0 aliphatic heterocycles. The molecule has 2 aromatic rings. The maximum Gasteiger partial charge on any atom is 0.251 e. The molecule has 1 saturated carbocycles. The lowest BCUT2D eigenvalue weighted by Gasteiger charge is -2.13. The van der Waals surface area contributed by atoms with Crippen LogP contribution < -0.4 is 16.4 Å². The molecule has 1 fully saturated rings. The smallest absolute Gasteiger partial charge is 0.251 e. The molecule has 1 aliphatic rings. The van der Waals surface area contributed by atoms with E-state index in [1.54, 1.807) is 12.1 Å². The van der Waals surface area contributed by atoms with Gasteiger partial charge in [0.05, 0.1) is 11.4 Å². The van der Waals surface area contributed by atoms with Crippen LogP contribution in [0.25, 0.3) is 0 Å². The van der Waals surface area contributed by atoms with Gasteiger partial charge in [-0.1, -0.05) is 17.7 Å². The summed E-state index contributed by atoms with van der Waals surface area (Å²) in [7, 11) is 0. The van der Waals surface area contributed by atoms with Crippen molar-refractivity contribution in [3.8, 4) is 0 Å². The number of benzene rings is 2. The first-order chi connectivity index (χ1) is 10.5. The molecule has 4 nitrogen and oxygen atoms in total. The molecule has 22 heavy (non-hydrogen) atoms. The molecule has 0 unspecified atom stereocenters. The number of nitrogen functional groups attached to an aromatic ring is 1. The fourth-order valence-corrected chi connectivity index (χ4v) is 2.38. The number of hydrogen-bond acceptors (Lipinski definition) is 3. The van der Waals surface area contributed by atoms with Gasteiger partial charge in [-0.15, -0.1) is 0 Å². The third-order valence-electron chi connectivity index (χ3n) is 3.76. The topological polar surface area (TPSA) is 67.2 Å². The number of halogens is 1. The monoisotopic (exact) mass is 315 g/mol. The largest absolute Gasteiger partial charge is 0.397 e. The molecule has 0 spiro atoms. The second-order valence-corrected chi connectivity index (χ2v) is 5.99. The van der Waals surface area contributed by atoms with E-state index in [2.05, 4.69) is 10.6 Å². The Hall–Kier alpha value is -2.20. The minimum absolute atomic E-state index is 0.0697. The summed E-state index contributed by atoms with van der Waals surface area (Å²) >= 11 is 6.12. The molecule has 0 atom stereocenters. The molecule has 3 rings (SSSR count). The SMILES string of the molecule is Cc1c(Cl)cccc1Nc1ccc(C(=O)NC2CC2)cc1N. The van der Waals surface area contributed by atoms with Gasteiger partial charge in [0.25, 0.3) is 5.91 Å². The van der Waals surface area contributed by atoms with Crippen LogP contribution in [0.3, 0.4) is 0 Å². The lowest BCUT2D eigenvalue weighted by atomic mass is 10.1. The van der Waals surface area contributed by atoms with Crippen LogP contribution in [0.4, 0.5) is 17.1 Å². The van der Waals surface area contributed by atoms with Gasteiger partial charge in [-0.2, -0.15) is 0 Å². The third-order valence-corrected chi connectivity index (χ3v) is 4.17. The highest BCUT2D eigenvalue weighted by atomic mass is 35.5. The molecule has 0 saturated heterocycles. The zero-order valence-corrected chi connectivity index (χ0v) is 13.1. The van der Waals surface area contributed by atoms with Crippen molar-refractivity contribution in [2.75, 3.05) is 11.1 Å². The van der Waals surface area contributed by atoms with Crippen LogP contribution in [0.2, 0.25) is 5.02 Å². The number of nitrogens with two attached hydrogens (primary N) is 1. The summed E-state index contributed by atoms with van der Waals surface area (Å²) in [6.45, 7) is 1.94. The van der Waals surface area contributed by atoms with E-state index in [0.29, 0.717) is 22.3 Å². The second-order valence-electron chi connectivity index (χ2n) is 5.59. The molecule has 2 aromatic carbocycles. The van der Waals surface area contributed by atoms with Crippen molar-refractivity contribution in [1.82, 2.24) is 5.32 Å². The third kappa shape index (κ3) is 3.17. The van der Waals surface area contributed by atoms with Gasteiger partial charge in [0.15, 0.2) is 0 Å². The molecule has 1 amide bonds. The van der Waals surface area contributed by atoms with E-state index in [0.717, 1.165) is 29.8 Å². The zero-order chi connectivity index (χ0) is 15.7. The van der Waals surface area contributed by atoms with E-state index in [9.17, 15) is 4.79 Å². The predicted molar refractivity (Wildman–Crippen MR) is 90.8 cm³/mol. The van der Waals surface area contributed by atoms with E-state index < -0.39 is 0 Å². The number of carbonyl (C=O) groups is 1. The summed E-state index contributed by atoms with van der Waals surface area (Å²) < 4.78 is 0. The lowest BCUT2D eigenvalue weighted by Crippen LogP contribution is -2.25. The molecule has 5 heteroatoms. The molecule has 4 N–H and O–H groups in total. The predicted octanol–water partition coefficient (Wildman–Crippen LogP) is 3.87. The van der Waals surface area contributed by atoms with Crippen molar-refractivity contribution < 1.29 is 4.79 Å². The van der Waals surface area contributed by atoms with Crippen LogP contribution in [-0.2, 0) is 0 Å². The summed E-state index contributed by atoms with van der Waals surface area (Å²) in [5.41, 5.74) is 9.79. The standard InChI is InChI=1S/C17H18ClN3O/c1-10-13(18)3-2-4-15(10)21-16-8-5-11(9-14(16)19)17(22)20-12-6-7-12/h2-5,8-9,12,21H,6-7,19H2,1H3,(H,20,22). The van der Waals surface area contributed by atoms with Gasteiger partial charge in [0, 0.05) is 22.3 Å². The Morgan fingerprint density at radius 3 is 2.68 bits per heavy atom. The summed E-state index contributed by atoms with van der Waals surface area (Å²) in [5.74, 6) is -0.0697. The Morgan fingerprint density at radius 2 is 2.00 bits per heavy atom. The van der Waals surface area contributed by atoms with Crippen molar-refractivity contribution in [3.05, 3.63) is 52.5 Å². The van der Waals surface area contributed by atoms with Crippen molar-refractivity contribution in [2.45, 2.75) is 25.8 Å². The number of hydrogen-bond donors (Lipinski definition) is 3. The first-order valence-corrected chi connectivity index (χ1v) is 7.65. The van der Waals surface area contributed by atoms with E-state index in [4.69, 9.17) is 17.3 Å². The highest BCUT2D eigenvalue weighted by Crippen LogP contribution is 2.29. The fourth-order valence-electron chi connectivity index (χ4n) is 2.20. The Kier molecular flexibility index (Phi) is 3.94. The molecular weight excluding hydrogens is 298 g/mol. The van der Waals surface area contributed by atoms with Crippen LogP contribution in [0.15, 0.2) is 36.4 Å².